The Bertz CT molecular complexity index is 418. The molecule has 19 heavy (non-hydrogen) atoms. The Kier molecular flexibility index (Phi) is 6.75. The maximum absolute atomic E-state index is 12.4. The number of nitrogens with one attached hydrogen (secondary N) is 1. The van der Waals surface area contributed by atoms with E-state index in [0.29, 0.717) is 35.4 Å². The third-order valence-electron chi connectivity index (χ3n) is 2.33. The highest BCUT2D eigenvalue weighted by Crippen LogP contribution is 2.31. The van der Waals surface area contributed by atoms with E-state index in [9.17, 15) is 13.6 Å². The summed E-state index contributed by atoms with van der Waals surface area (Å²) in [6, 6.07) is 5.64. The topological polar surface area (TPSA) is 64.3 Å². The number of thioether (sulfide) groups is 1. The van der Waals surface area contributed by atoms with Crippen LogP contribution >= 0.6 is 11.8 Å². The number of alkyl halides is 2. The van der Waals surface area contributed by atoms with Crippen molar-refractivity contribution in [2.24, 2.45) is 5.73 Å². The zero-order valence-electron chi connectivity index (χ0n) is 10.4. The molecule has 106 valence electrons. The molecule has 0 saturated heterocycles. The predicted molar refractivity (Wildman–Crippen MR) is 71.4 cm³/mol. The van der Waals surface area contributed by atoms with Crippen LogP contribution in [0.2, 0.25) is 0 Å². The molecule has 1 atom stereocenters. The first-order chi connectivity index (χ1) is 9.04. The lowest BCUT2D eigenvalue weighted by Gasteiger charge is -2.14. The fourth-order valence-corrected chi connectivity index (χ4v) is 1.97. The quantitative estimate of drug-likeness (QED) is 0.756. The van der Waals surface area contributed by atoms with Crippen molar-refractivity contribution in [2.75, 3.05) is 19.0 Å². The van der Waals surface area contributed by atoms with E-state index < -0.39 is 17.7 Å². The van der Waals surface area contributed by atoms with E-state index in [-0.39, 0.29) is 0 Å². The average molecular weight is 290 g/mol. The fourth-order valence-electron chi connectivity index (χ4n) is 1.37. The smallest absolute Gasteiger partial charge is 0.288 e. The lowest BCUT2D eigenvalue weighted by atomic mass is 10.2. The Labute approximate surface area is 114 Å². The number of nitrogens with two attached hydrogens (primary N) is 1. The molecule has 0 aliphatic carbocycles. The van der Waals surface area contributed by atoms with Crippen molar-refractivity contribution >= 4 is 23.4 Å². The second-order valence-corrected chi connectivity index (χ2v) is 4.78. The van der Waals surface area contributed by atoms with Gasteiger partial charge in [-0.15, -0.1) is 0 Å². The minimum absolute atomic E-state index is 0.310. The number of anilines is 1. The highest BCUT2D eigenvalue weighted by molar-refractivity contribution is 7.99. The SMILES string of the molecule is COCCC(N)C(=O)Nc1ccccc1SC(F)F. The third-order valence-corrected chi connectivity index (χ3v) is 3.12. The minimum Gasteiger partial charge on any atom is -0.385 e. The minimum atomic E-state index is -2.54. The number of carbonyl (C=O) groups excluding carboxylic acids is 1. The van der Waals surface area contributed by atoms with Crippen LogP contribution in [0.25, 0.3) is 0 Å². The van der Waals surface area contributed by atoms with E-state index in [0.717, 1.165) is 0 Å². The summed E-state index contributed by atoms with van der Waals surface area (Å²) in [5.74, 6) is -2.96. The number of carbonyl (C=O) groups is 1. The van der Waals surface area contributed by atoms with Crippen LogP contribution < -0.4 is 11.1 Å². The molecule has 1 amide bonds. The number of rotatable bonds is 7. The van der Waals surface area contributed by atoms with E-state index in [2.05, 4.69) is 5.32 Å². The van der Waals surface area contributed by atoms with Gasteiger partial charge in [0.25, 0.3) is 5.76 Å². The number of amides is 1. The standard InChI is InChI=1S/C12H16F2N2O2S/c1-18-7-6-8(15)11(17)16-9-4-2-3-5-10(9)19-12(13)14/h2-5,8,12H,6-7,15H2,1H3,(H,16,17). The molecule has 1 aromatic carbocycles. The summed E-state index contributed by atoms with van der Waals surface area (Å²) in [4.78, 5) is 12.1. The lowest BCUT2D eigenvalue weighted by molar-refractivity contribution is -0.117. The third kappa shape index (κ3) is 5.54. The first kappa shape index (κ1) is 15.9. The molecule has 0 heterocycles. The van der Waals surface area contributed by atoms with Gasteiger partial charge in [0.2, 0.25) is 5.91 Å². The Morgan fingerprint density at radius 1 is 1.47 bits per heavy atom. The highest BCUT2D eigenvalue weighted by Gasteiger charge is 2.16. The largest absolute Gasteiger partial charge is 0.385 e. The van der Waals surface area contributed by atoms with Crippen molar-refractivity contribution in [2.45, 2.75) is 23.1 Å². The second kappa shape index (κ2) is 8.08. The van der Waals surface area contributed by atoms with Gasteiger partial charge in [-0.05, 0) is 18.6 Å². The lowest BCUT2D eigenvalue weighted by Crippen LogP contribution is -2.36. The Hall–Kier alpha value is -1.18. The van der Waals surface area contributed by atoms with Crippen LogP contribution in [0.15, 0.2) is 29.2 Å². The summed E-state index contributed by atoms with van der Waals surface area (Å²) in [6.45, 7) is 0.363. The molecule has 0 aromatic heterocycles. The van der Waals surface area contributed by atoms with Gasteiger partial charge in [0.15, 0.2) is 0 Å². The second-order valence-electron chi connectivity index (χ2n) is 3.75. The summed E-state index contributed by atoms with van der Waals surface area (Å²) in [7, 11) is 1.51. The van der Waals surface area contributed by atoms with Crippen LogP contribution in [-0.2, 0) is 9.53 Å². The molecule has 3 N–H and O–H groups in total. The zero-order valence-corrected chi connectivity index (χ0v) is 11.3. The Balaban J connectivity index is 2.68. The molecule has 0 bridgehead atoms. The average Bonchev–Trinajstić information content (AvgIpc) is 2.37. The number of halogens is 2. The van der Waals surface area contributed by atoms with Crippen molar-refractivity contribution in [3.63, 3.8) is 0 Å². The normalized spacial score (nSPS) is 12.5. The Morgan fingerprint density at radius 2 is 2.16 bits per heavy atom. The fraction of sp³-hybridized carbons (Fsp3) is 0.417. The molecule has 1 aromatic rings. The first-order valence-electron chi connectivity index (χ1n) is 5.63. The molecule has 1 rings (SSSR count). The molecule has 4 nitrogen and oxygen atoms in total. The van der Waals surface area contributed by atoms with Crippen molar-refractivity contribution in [1.29, 1.82) is 0 Å². The summed E-state index contributed by atoms with van der Waals surface area (Å²) < 4.78 is 29.6. The molecule has 0 fully saturated rings. The molecule has 7 heteroatoms. The van der Waals surface area contributed by atoms with Gasteiger partial charge in [-0.3, -0.25) is 4.79 Å². The van der Waals surface area contributed by atoms with Crippen molar-refractivity contribution in [3.05, 3.63) is 24.3 Å². The summed E-state index contributed by atoms with van der Waals surface area (Å²) in [5, 5.41) is 2.55. The number of para-hydroxylation sites is 1. The molecule has 0 saturated carbocycles. The van der Waals surface area contributed by atoms with E-state index in [1.54, 1.807) is 18.2 Å². The number of benzene rings is 1. The van der Waals surface area contributed by atoms with Crippen molar-refractivity contribution < 1.29 is 18.3 Å². The van der Waals surface area contributed by atoms with E-state index in [1.165, 1.54) is 13.2 Å². The Morgan fingerprint density at radius 3 is 2.79 bits per heavy atom. The van der Waals surface area contributed by atoms with Gasteiger partial charge in [-0.1, -0.05) is 23.9 Å². The maximum Gasteiger partial charge on any atom is 0.288 e. The monoisotopic (exact) mass is 290 g/mol. The molecule has 1 unspecified atom stereocenters. The summed E-state index contributed by atoms with van der Waals surface area (Å²) in [6.07, 6.45) is 0.368. The zero-order chi connectivity index (χ0) is 14.3. The molecule has 0 aliphatic heterocycles. The van der Waals surface area contributed by atoms with E-state index >= 15 is 0 Å². The first-order valence-corrected chi connectivity index (χ1v) is 6.51. The van der Waals surface area contributed by atoms with Gasteiger partial charge < -0.3 is 15.8 Å². The van der Waals surface area contributed by atoms with Gasteiger partial charge in [0, 0.05) is 18.6 Å². The van der Waals surface area contributed by atoms with Gasteiger partial charge in [-0.2, -0.15) is 8.78 Å². The number of methoxy groups -OCH3 is 1. The van der Waals surface area contributed by atoms with Crippen molar-refractivity contribution in [3.8, 4) is 0 Å². The summed E-state index contributed by atoms with van der Waals surface area (Å²) in [5.41, 5.74) is 5.99. The predicted octanol–water partition coefficient (Wildman–Crippen LogP) is 2.30. The van der Waals surface area contributed by atoms with Crippen LogP contribution in [0, 0.1) is 0 Å². The summed E-state index contributed by atoms with van der Waals surface area (Å²) >= 11 is 0.383. The van der Waals surface area contributed by atoms with Crippen LogP contribution in [0.1, 0.15) is 6.42 Å². The van der Waals surface area contributed by atoms with Gasteiger partial charge >= 0.3 is 0 Å². The van der Waals surface area contributed by atoms with Crippen LogP contribution in [0.3, 0.4) is 0 Å². The number of hydrogen-bond acceptors (Lipinski definition) is 4. The van der Waals surface area contributed by atoms with Gasteiger partial charge in [0.05, 0.1) is 11.7 Å². The number of ether oxygens (including phenoxy) is 1. The van der Waals surface area contributed by atoms with Crippen LogP contribution in [-0.4, -0.2) is 31.4 Å². The highest BCUT2D eigenvalue weighted by atomic mass is 32.2. The molecule has 0 radical (unpaired) electrons. The molecule has 0 spiro atoms. The molecular weight excluding hydrogens is 274 g/mol. The van der Waals surface area contributed by atoms with E-state index in [1.807, 2.05) is 0 Å². The maximum atomic E-state index is 12.4. The number of hydrogen-bond donors (Lipinski definition) is 2. The van der Waals surface area contributed by atoms with Gasteiger partial charge in [0.1, 0.15) is 0 Å². The van der Waals surface area contributed by atoms with Crippen LogP contribution in [0.5, 0.6) is 0 Å². The van der Waals surface area contributed by atoms with E-state index in [4.69, 9.17) is 10.5 Å². The van der Waals surface area contributed by atoms with Crippen LogP contribution in [0.4, 0.5) is 14.5 Å². The molecule has 0 aliphatic rings. The molecular formula is C12H16F2N2O2S. The van der Waals surface area contributed by atoms with Crippen molar-refractivity contribution in [1.82, 2.24) is 0 Å². The van der Waals surface area contributed by atoms with Gasteiger partial charge in [-0.25, -0.2) is 0 Å².